The third-order valence-electron chi connectivity index (χ3n) is 5.64. The molecule has 30 heavy (non-hydrogen) atoms. The van der Waals surface area contributed by atoms with Crippen LogP contribution in [0, 0.1) is 10.1 Å². The van der Waals surface area contributed by atoms with Crippen molar-refractivity contribution in [3.05, 3.63) is 52.3 Å². The van der Waals surface area contributed by atoms with Gasteiger partial charge in [-0.15, -0.1) is 0 Å². The third-order valence-corrected chi connectivity index (χ3v) is 5.64. The van der Waals surface area contributed by atoms with E-state index >= 15 is 0 Å². The van der Waals surface area contributed by atoms with Crippen LogP contribution in [-0.2, 0) is 0 Å². The molecule has 158 valence electrons. The number of piperidine rings is 1. The van der Waals surface area contributed by atoms with Crippen molar-refractivity contribution in [1.29, 1.82) is 0 Å². The molecule has 3 amide bonds. The number of benzene rings is 1. The van der Waals surface area contributed by atoms with E-state index in [9.17, 15) is 19.7 Å². The molecule has 9 nitrogen and oxygen atoms in total. The molecule has 1 aromatic carbocycles. The zero-order valence-corrected chi connectivity index (χ0v) is 16.7. The number of nitro groups is 1. The molecule has 4 rings (SSSR count). The van der Waals surface area contributed by atoms with Crippen LogP contribution in [0.3, 0.4) is 0 Å². The zero-order chi connectivity index (χ0) is 21.1. The molecule has 0 N–H and O–H groups in total. The van der Waals surface area contributed by atoms with Crippen LogP contribution < -0.4 is 0 Å². The van der Waals surface area contributed by atoms with Crippen LogP contribution in [0.4, 0.5) is 10.5 Å². The van der Waals surface area contributed by atoms with Gasteiger partial charge in [0.1, 0.15) is 5.76 Å². The minimum Gasteiger partial charge on any atom is -0.451 e. The van der Waals surface area contributed by atoms with Crippen molar-refractivity contribution in [3.8, 4) is 11.3 Å². The fraction of sp³-hybridized carbons (Fsp3) is 0.429. The van der Waals surface area contributed by atoms with Gasteiger partial charge in [-0.3, -0.25) is 14.9 Å². The van der Waals surface area contributed by atoms with E-state index in [1.807, 2.05) is 9.80 Å². The molecular formula is C21H24N4O5. The molecule has 0 aliphatic carbocycles. The second kappa shape index (κ2) is 8.56. The van der Waals surface area contributed by atoms with E-state index in [4.69, 9.17) is 4.42 Å². The van der Waals surface area contributed by atoms with Gasteiger partial charge in [0.15, 0.2) is 5.76 Å². The van der Waals surface area contributed by atoms with E-state index in [2.05, 4.69) is 0 Å². The molecule has 0 saturated carbocycles. The lowest BCUT2D eigenvalue weighted by molar-refractivity contribution is -0.384. The number of nitrogens with zero attached hydrogens (tertiary/aromatic N) is 4. The number of carbonyl (C=O) groups is 2. The summed E-state index contributed by atoms with van der Waals surface area (Å²) in [5.41, 5.74) is 0.662. The van der Waals surface area contributed by atoms with Crippen LogP contribution in [0.25, 0.3) is 11.3 Å². The average Bonchev–Trinajstić information content (AvgIpc) is 3.29. The van der Waals surface area contributed by atoms with Crippen molar-refractivity contribution in [3.63, 3.8) is 0 Å². The number of hydrogen-bond donors (Lipinski definition) is 0. The fourth-order valence-electron chi connectivity index (χ4n) is 3.90. The standard InChI is InChI=1S/C21H24N4O5/c26-20(19-9-8-18(30-19)16-4-6-17(7-5-16)25(28)29)22-12-14-24(15-13-22)21(27)23-10-2-1-3-11-23/h4-9H,1-3,10-15H2. The second-order valence-corrected chi connectivity index (χ2v) is 7.58. The number of likely N-dealkylation sites (tertiary alicyclic amines) is 1. The number of piperazine rings is 1. The van der Waals surface area contributed by atoms with Gasteiger partial charge in [-0.25, -0.2) is 4.79 Å². The summed E-state index contributed by atoms with van der Waals surface area (Å²) in [7, 11) is 0. The van der Waals surface area contributed by atoms with Crippen LogP contribution >= 0.6 is 0 Å². The number of non-ortho nitro benzene ring substituents is 1. The largest absolute Gasteiger partial charge is 0.451 e. The Bertz CT molecular complexity index is 925. The maximum absolute atomic E-state index is 12.8. The molecule has 9 heteroatoms. The van der Waals surface area contributed by atoms with E-state index in [0.717, 1.165) is 25.9 Å². The molecule has 0 bridgehead atoms. The Morgan fingerprint density at radius 1 is 0.800 bits per heavy atom. The molecular weight excluding hydrogens is 388 g/mol. The summed E-state index contributed by atoms with van der Waals surface area (Å²) in [6.45, 7) is 3.58. The summed E-state index contributed by atoms with van der Waals surface area (Å²) in [4.78, 5) is 41.1. The highest BCUT2D eigenvalue weighted by molar-refractivity contribution is 5.92. The maximum Gasteiger partial charge on any atom is 0.320 e. The Morgan fingerprint density at radius 2 is 1.40 bits per heavy atom. The molecule has 2 aliphatic heterocycles. The third kappa shape index (κ3) is 4.14. The summed E-state index contributed by atoms with van der Waals surface area (Å²) < 4.78 is 5.70. The minimum atomic E-state index is -0.462. The monoisotopic (exact) mass is 412 g/mol. The summed E-state index contributed by atoms with van der Waals surface area (Å²) >= 11 is 0. The topological polar surface area (TPSA) is 100 Å². The SMILES string of the molecule is O=C(c1ccc(-c2ccc([N+](=O)[O-])cc2)o1)N1CCN(C(=O)N2CCCCC2)CC1. The number of rotatable bonds is 3. The highest BCUT2D eigenvalue weighted by atomic mass is 16.6. The van der Waals surface area contributed by atoms with Crippen molar-refractivity contribution in [1.82, 2.24) is 14.7 Å². The van der Waals surface area contributed by atoms with Gasteiger partial charge in [-0.1, -0.05) is 0 Å². The predicted octanol–water partition coefficient (Wildman–Crippen LogP) is 3.22. The molecule has 2 fully saturated rings. The zero-order valence-electron chi connectivity index (χ0n) is 16.7. The Labute approximate surface area is 174 Å². The fourth-order valence-corrected chi connectivity index (χ4v) is 3.90. The predicted molar refractivity (Wildman–Crippen MR) is 109 cm³/mol. The van der Waals surface area contributed by atoms with E-state index in [1.54, 1.807) is 29.2 Å². The van der Waals surface area contributed by atoms with Gasteiger partial charge < -0.3 is 19.1 Å². The number of hydrogen-bond acceptors (Lipinski definition) is 5. The average molecular weight is 412 g/mol. The molecule has 2 aromatic rings. The molecule has 3 heterocycles. The number of nitro benzene ring substituents is 1. The van der Waals surface area contributed by atoms with E-state index in [0.29, 0.717) is 37.5 Å². The summed E-state index contributed by atoms with van der Waals surface area (Å²) in [6, 6.07) is 9.36. The highest BCUT2D eigenvalue weighted by Gasteiger charge is 2.29. The lowest BCUT2D eigenvalue weighted by Crippen LogP contribution is -2.54. The number of furan rings is 1. The lowest BCUT2D eigenvalue weighted by Gasteiger charge is -2.38. The van der Waals surface area contributed by atoms with Crippen molar-refractivity contribution < 1.29 is 18.9 Å². The van der Waals surface area contributed by atoms with Crippen molar-refractivity contribution in [2.24, 2.45) is 0 Å². The van der Waals surface area contributed by atoms with Gasteiger partial charge in [0.2, 0.25) is 0 Å². The van der Waals surface area contributed by atoms with Crippen LogP contribution in [0.1, 0.15) is 29.8 Å². The van der Waals surface area contributed by atoms with Crippen molar-refractivity contribution in [2.75, 3.05) is 39.3 Å². The molecule has 0 radical (unpaired) electrons. The van der Waals surface area contributed by atoms with Gasteiger partial charge in [0.05, 0.1) is 4.92 Å². The number of carbonyl (C=O) groups excluding carboxylic acids is 2. The van der Waals surface area contributed by atoms with Crippen molar-refractivity contribution in [2.45, 2.75) is 19.3 Å². The first-order valence-electron chi connectivity index (χ1n) is 10.2. The lowest BCUT2D eigenvalue weighted by atomic mass is 10.1. The van der Waals surface area contributed by atoms with Crippen LogP contribution in [0.5, 0.6) is 0 Å². The maximum atomic E-state index is 12.8. The van der Waals surface area contributed by atoms with Gasteiger partial charge in [0, 0.05) is 57.0 Å². The van der Waals surface area contributed by atoms with Gasteiger partial charge in [0.25, 0.3) is 11.6 Å². The van der Waals surface area contributed by atoms with Crippen LogP contribution in [-0.4, -0.2) is 70.8 Å². The summed E-state index contributed by atoms with van der Waals surface area (Å²) in [5, 5.41) is 10.8. The highest BCUT2D eigenvalue weighted by Crippen LogP contribution is 2.25. The van der Waals surface area contributed by atoms with E-state index in [-0.39, 0.29) is 23.4 Å². The van der Waals surface area contributed by atoms with Crippen LogP contribution in [0.15, 0.2) is 40.8 Å². The van der Waals surface area contributed by atoms with E-state index < -0.39 is 4.92 Å². The molecule has 1 aromatic heterocycles. The molecule has 0 unspecified atom stereocenters. The first-order valence-corrected chi connectivity index (χ1v) is 10.2. The molecule has 2 aliphatic rings. The summed E-state index contributed by atoms with van der Waals surface area (Å²) in [6.07, 6.45) is 3.29. The number of urea groups is 1. The molecule has 0 spiro atoms. The van der Waals surface area contributed by atoms with Crippen molar-refractivity contribution >= 4 is 17.6 Å². The number of amides is 3. The van der Waals surface area contributed by atoms with Gasteiger partial charge >= 0.3 is 6.03 Å². The summed E-state index contributed by atoms with van der Waals surface area (Å²) in [5.74, 6) is 0.486. The Balaban J connectivity index is 1.35. The molecule has 0 atom stereocenters. The normalized spacial score (nSPS) is 17.1. The van der Waals surface area contributed by atoms with Gasteiger partial charge in [-0.05, 0) is 43.5 Å². The Morgan fingerprint density at radius 3 is 2.03 bits per heavy atom. The second-order valence-electron chi connectivity index (χ2n) is 7.58. The smallest absolute Gasteiger partial charge is 0.320 e. The van der Waals surface area contributed by atoms with E-state index in [1.165, 1.54) is 18.6 Å². The van der Waals surface area contributed by atoms with Crippen LogP contribution in [0.2, 0.25) is 0 Å². The first kappa shape index (κ1) is 19.9. The van der Waals surface area contributed by atoms with Gasteiger partial charge in [-0.2, -0.15) is 0 Å². The first-order chi connectivity index (χ1) is 14.5. The molecule has 2 saturated heterocycles. The Hall–Kier alpha value is -3.36. The Kier molecular flexibility index (Phi) is 5.69. The quantitative estimate of drug-likeness (QED) is 0.569. The minimum absolute atomic E-state index is 0.00132.